The summed E-state index contributed by atoms with van der Waals surface area (Å²) < 4.78 is 5.11. The molecule has 138 valence electrons. The highest BCUT2D eigenvalue weighted by molar-refractivity contribution is 7.16. The number of aryl methyl sites for hydroxylation is 1. The molecule has 0 radical (unpaired) electrons. The Morgan fingerprint density at radius 2 is 2.15 bits per heavy atom. The molecular weight excluding hydrogens is 362 g/mol. The van der Waals surface area contributed by atoms with Gasteiger partial charge in [-0.15, -0.1) is 11.3 Å². The molecule has 0 saturated carbocycles. The predicted molar refractivity (Wildman–Crippen MR) is 105 cm³/mol. The molecule has 1 aliphatic rings. The number of hydrogen-bond donors (Lipinski definition) is 1. The fourth-order valence-electron chi connectivity index (χ4n) is 3.54. The second-order valence-corrected chi connectivity index (χ2v) is 7.84. The minimum Gasteiger partial charge on any atom is -0.459 e. The molecule has 0 spiro atoms. The average molecular weight is 381 g/mol. The molecule has 4 rings (SSSR count). The van der Waals surface area contributed by atoms with Gasteiger partial charge >= 0.3 is 0 Å². The largest absolute Gasteiger partial charge is 0.459 e. The summed E-state index contributed by atoms with van der Waals surface area (Å²) in [4.78, 5) is 31.5. The minimum atomic E-state index is -0.319. The molecule has 2 aromatic heterocycles. The first kappa shape index (κ1) is 17.5. The van der Waals surface area contributed by atoms with Crippen LogP contribution in [0.3, 0.4) is 0 Å². The summed E-state index contributed by atoms with van der Waals surface area (Å²) in [5.41, 5.74) is 3.94. The van der Waals surface area contributed by atoms with Crippen LogP contribution in [0.15, 0.2) is 41.0 Å². The quantitative estimate of drug-likeness (QED) is 0.735. The second-order valence-electron chi connectivity index (χ2n) is 6.64. The van der Waals surface area contributed by atoms with Crippen LogP contribution in [0, 0.1) is 6.92 Å². The number of furan rings is 1. The van der Waals surface area contributed by atoms with Crippen molar-refractivity contribution in [2.45, 2.75) is 33.2 Å². The van der Waals surface area contributed by atoms with E-state index in [-0.39, 0.29) is 23.6 Å². The van der Waals surface area contributed by atoms with Gasteiger partial charge in [0.15, 0.2) is 10.9 Å². The molecule has 2 amide bonds. The topological polar surface area (TPSA) is 75.4 Å². The molecule has 1 aromatic carbocycles. The fourth-order valence-corrected chi connectivity index (χ4v) is 4.37. The minimum absolute atomic E-state index is 0.0572. The Morgan fingerprint density at radius 3 is 2.85 bits per heavy atom. The summed E-state index contributed by atoms with van der Waals surface area (Å²) in [5.74, 6) is -0.0119. The number of thiazole rings is 1. The monoisotopic (exact) mass is 381 g/mol. The van der Waals surface area contributed by atoms with Gasteiger partial charge in [-0.25, -0.2) is 4.98 Å². The zero-order valence-electron chi connectivity index (χ0n) is 15.3. The van der Waals surface area contributed by atoms with Crippen molar-refractivity contribution in [1.29, 1.82) is 0 Å². The molecule has 0 bridgehead atoms. The van der Waals surface area contributed by atoms with Crippen LogP contribution in [0.5, 0.6) is 0 Å². The SMILES string of the molecule is CC(=O)N1c2ccc(-c3nc(NC(=O)c4ccco4)sc3C)cc2CC1C. The number of amides is 2. The fraction of sp³-hybridized carbons (Fsp3) is 0.250. The van der Waals surface area contributed by atoms with E-state index in [0.717, 1.165) is 33.8 Å². The maximum absolute atomic E-state index is 12.1. The lowest BCUT2D eigenvalue weighted by Gasteiger charge is -2.20. The van der Waals surface area contributed by atoms with E-state index in [1.807, 2.05) is 24.0 Å². The average Bonchev–Trinajstić information content (AvgIpc) is 3.32. The van der Waals surface area contributed by atoms with Crippen LogP contribution in [0.25, 0.3) is 11.3 Å². The van der Waals surface area contributed by atoms with Crippen molar-refractivity contribution in [1.82, 2.24) is 4.98 Å². The highest BCUT2D eigenvalue weighted by Crippen LogP contribution is 2.37. The van der Waals surface area contributed by atoms with Gasteiger partial charge in [0, 0.05) is 29.1 Å². The molecule has 3 aromatic rings. The van der Waals surface area contributed by atoms with Gasteiger partial charge in [0.05, 0.1) is 12.0 Å². The molecule has 0 aliphatic carbocycles. The Balaban J connectivity index is 1.62. The number of rotatable bonds is 3. The molecule has 1 unspecified atom stereocenters. The van der Waals surface area contributed by atoms with Crippen LogP contribution in [0.2, 0.25) is 0 Å². The van der Waals surface area contributed by atoms with E-state index in [0.29, 0.717) is 5.13 Å². The lowest BCUT2D eigenvalue weighted by molar-refractivity contribution is -0.116. The molecule has 6 nitrogen and oxygen atoms in total. The lowest BCUT2D eigenvalue weighted by atomic mass is 10.0. The number of hydrogen-bond acceptors (Lipinski definition) is 5. The summed E-state index contributed by atoms with van der Waals surface area (Å²) in [5, 5.41) is 3.31. The Kier molecular flexibility index (Phi) is 4.31. The van der Waals surface area contributed by atoms with Gasteiger partial charge in [-0.1, -0.05) is 6.07 Å². The number of aromatic nitrogens is 1. The zero-order valence-corrected chi connectivity index (χ0v) is 16.1. The molecule has 7 heteroatoms. The summed E-state index contributed by atoms with van der Waals surface area (Å²) in [6.45, 7) is 5.63. The van der Waals surface area contributed by atoms with E-state index < -0.39 is 0 Å². The Hall–Kier alpha value is -2.93. The van der Waals surface area contributed by atoms with Gasteiger partial charge in [0.2, 0.25) is 5.91 Å². The molecule has 0 saturated heterocycles. The first-order valence-electron chi connectivity index (χ1n) is 8.69. The third kappa shape index (κ3) is 3.14. The number of carbonyl (C=O) groups excluding carboxylic acids is 2. The number of nitrogens with zero attached hydrogens (tertiary/aromatic N) is 2. The van der Waals surface area contributed by atoms with E-state index in [1.54, 1.807) is 19.1 Å². The number of benzene rings is 1. The van der Waals surface area contributed by atoms with Gasteiger partial charge < -0.3 is 9.32 Å². The summed E-state index contributed by atoms with van der Waals surface area (Å²) in [6.07, 6.45) is 2.29. The van der Waals surface area contributed by atoms with Crippen LogP contribution >= 0.6 is 11.3 Å². The summed E-state index contributed by atoms with van der Waals surface area (Å²) in [6, 6.07) is 9.49. The van der Waals surface area contributed by atoms with Crippen molar-refractivity contribution in [3.05, 3.63) is 52.8 Å². The van der Waals surface area contributed by atoms with E-state index in [1.165, 1.54) is 17.6 Å². The summed E-state index contributed by atoms with van der Waals surface area (Å²) >= 11 is 1.42. The van der Waals surface area contributed by atoms with Crippen LogP contribution in [0.4, 0.5) is 10.8 Å². The number of nitrogens with one attached hydrogen (secondary N) is 1. The smallest absolute Gasteiger partial charge is 0.293 e. The van der Waals surface area contributed by atoms with Crippen molar-refractivity contribution >= 4 is 34.0 Å². The van der Waals surface area contributed by atoms with Crippen molar-refractivity contribution in [3.63, 3.8) is 0 Å². The predicted octanol–water partition coefficient (Wildman–Crippen LogP) is 4.26. The van der Waals surface area contributed by atoms with Crippen LogP contribution in [-0.4, -0.2) is 22.8 Å². The third-order valence-corrected chi connectivity index (χ3v) is 5.56. The number of carbonyl (C=O) groups is 2. The van der Waals surface area contributed by atoms with Gasteiger partial charge in [-0.2, -0.15) is 0 Å². The molecule has 1 N–H and O–H groups in total. The third-order valence-electron chi connectivity index (χ3n) is 4.67. The molecule has 1 aliphatic heterocycles. The normalized spacial score (nSPS) is 15.7. The van der Waals surface area contributed by atoms with Gasteiger partial charge in [0.1, 0.15) is 0 Å². The van der Waals surface area contributed by atoms with Crippen molar-refractivity contribution in [2.75, 3.05) is 10.2 Å². The first-order valence-corrected chi connectivity index (χ1v) is 9.51. The summed E-state index contributed by atoms with van der Waals surface area (Å²) in [7, 11) is 0. The molecule has 3 heterocycles. The van der Waals surface area contributed by atoms with Gasteiger partial charge in [0.25, 0.3) is 5.91 Å². The maximum Gasteiger partial charge on any atom is 0.293 e. The lowest BCUT2D eigenvalue weighted by Crippen LogP contribution is -2.33. The van der Waals surface area contributed by atoms with Crippen molar-refractivity contribution < 1.29 is 14.0 Å². The van der Waals surface area contributed by atoms with E-state index in [9.17, 15) is 9.59 Å². The standard InChI is InChI=1S/C20H19N3O3S/c1-11-9-15-10-14(6-7-16(15)23(11)13(3)24)18-12(2)27-20(21-18)22-19(25)17-5-4-8-26-17/h4-8,10-11H,9H2,1-3H3,(H,21,22,25). The van der Waals surface area contributed by atoms with Crippen LogP contribution in [-0.2, 0) is 11.2 Å². The van der Waals surface area contributed by atoms with Crippen molar-refractivity contribution in [3.8, 4) is 11.3 Å². The van der Waals surface area contributed by atoms with Gasteiger partial charge in [-0.3, -0.25) is 14.9 Å². The van der Waals surface area contributed by atoms with Crippen molar-refractivity contribution in [2.24, 2.45) is 0 Å². The van der Waals surface area contributed by atoms with E-state index in [4.69, 9.17) is 4.42 Å². The Morgan fingerprint density at radius 1 is 1.33 bits per heavy atom. The molecular formula is C20H19N3O3S. The second kappa shape index (κ2) is 6.66. The highest BCUT2D eigenvalue weighted by Gasteiger charge is 2.29. The molecule has 27 heavy (non-hydrogen) atoms. The zero-order chi connectivity index (χ0) is 19.1. The van der Waals surface area contributed by atoms with E-state index in [2.05, 4.69) is 23.3 Å². The van der Waals surface area contributed by atoms with Crippen LogP contribution in [0.1, 0.15) is 34.8 Å². The molecule has 1 atom stereocenters. The van der Waals surface area contributed by atoms with Crippen LogP contribution < -0.4 is 10.2 Å². The highest BCUT2D eigenvalue weighted by atomic mass is 32.1. The first-order chi connectivity index (χ1) is 12.9. The Labute approximate surface area is 160 Å². The number of fused-ring (bicyclic) bond motifs is 1. The van der Waals surface area contributed by atoms with E-state index >= 15 is 0 Å². The maximum atomic E-state index is 12.1. The van der Waals surface area contributed by atoms with Gasteiger partial charge in [-0.05, 0) is 50.1 Å². The molecule has 0 fully saturated rings. The number of anilines is 2. The Bertz CT molecular complexity index is 1020.